The molecule has 102 valence electrons. The van der Waals surface area contributed by atoms with Gasteiger partial charge in [0.2, 0.25) is 0 Å². The first-order chi connectivity index (χ1) is 8.20. The van der Waals surface area contributed by atoms with Crippen molar-refractivity contribution in [2.75, 3.05) is 17.3 Å². The Labute approximate surface area is 113 Å². The Hall–Kier alpha value is -0.880. The Morgan fingerprint density at radius 2 is 1.94 bits per heavy atom. The van der Waals surface area contributed by atoms with E-state index in [9.17, 15) is 8.42 Å². The minimum Gasteiger partial charge on any atom is -0.366 e. The van der Waals surface area contributed by atoms with Gasteiger partial charge >= 0.3 is 0 Å². The molecule has 0 fully saturated rings. The van der Waals surface area contributed by atoms with Gasteiger partial charge in [-0.05, 0) is 12.8 Å². The van der Waals surface area contributed by atoms with E-state index in [0.29, 0.717) is 11.0 Å². The summed E-state index contributed by atoms with van der Waals surface area (Å²) in [6.45, 7) is 5.76. The van der Waals surface area contributed by atoms with Gasteiger partial charge in [0.25, 0.3) is 0 Å². The maximum Gasteiger partial charge on any atom is 0.149 e. The highest BCUT2D eigenvalue weighted by Gasteiger charge is 2.17. The molecule has 0 aromatic carbocycles. The van der Waals surface area contributed by atoms with Crippen molar-refractivity contribution in [3.63, 3.8) is 0 Å². The molecule has 1 aromatic heterocycles. The van der Waals surface area contributed by atoms with Gasteiger partial charge in [0.05, 0.1) is 5.75 Å². The summed E-state index contributed by atoms with van der Waals surface area (Å²) in [4.78, 5) is 8.07. The Bertz CT molecular complexity index is 517. The lowest BCUT2D eigenvalue weighted by atomic mass is 10.1. The molecule has 0 bridgehead atoms. The van der Waals surface area contributed by atoms with Crippen LogP contribution in [0.15, 0.2) is 6.33 Å². The minimum absolute atomic E-state index is 0.0478. The average molecular weight is 292 g/mol. The third-order valence-corrected chi connectivity index (χ3v) is 3.76. The Morgan fingerprint density at radius 1 is 1.33 bits per heavy atom. The molecule has 18 heavy (non-hydrogen) atoms. The fourth-order valence-corrected chi connectivity index (χ4v) is 3.07. The molecule has 1 aromatic rings. The van der Waals surface area contributed by atoms with E-state index in [1.165, 1.54) is 12.6 Å². The van der Waals surface area contributed by atoms with Crippen molar-refractivity contribution in [2.24, 2.45) is 0 Å². The van der Waals surface area contributed by atoms with Gasteiger partial charge < -0.3 is 5.32 Å². The first kappa shape index (κ1) is 15.2. The molecule has 1 rings (SSSR count). The maximum absolute atomic E-state index is 11.2. The number of hydrogen-bond donors (Lipinski definition) is 1. The number of sulfone groups is 1. The van der Waals surface area contributed by atoms with Crippen molar-refractivity contribution in [1.29, 1.82) is 0 Å². The number of aromatic nitrogens is 2. The minimum atomic E-state index is -3.03. The van der Waals surface area contributed by atoms with E-state index in [1.807, 2.05) is 13.8 Å². The second-order valence-electron chi connectivity index (χ2n) is 4.72. The molecule has 7 heteroatoms. The standard InChI is InChI=1S/C11H18ClN3O2S/c1-7(2)9-10(12)13-6-14-11(9)15-8(3)5-18(4,16)17/h6-8H,5H2,1-4H3,(H,13,14,15). The molecule has 0 saturated heterocycles. The fourth-order valence-electron chi connectivity index (χ4n) is 1.73. The number of hydrogen-bond acceptors (Lipinski definition) is 5. The average Bonchev–Trinajstić information content (AvgIpc) is 2.13. The van der Waals surface area contributed by atoms with E-state index in [4.69, 9.17) is 11.6 Å². The molecule has 0 saturated carbocycles. The van der Waals surface area contributed by atoms with Crippen molar-refractivity contribution in [3.05, 3.63) is 17.0 Å². The van der Waals surface area contributed by atoms with E-state index in [0.717, 1.165) is 5.56 Å². The van der Waals surface area contributed by atoms with Gasteiger partial charge in [0.15, 0.2) is 0 Å². The summed E-state index contributed by atoms with van der Waals surface area (Å²) in [5.41, 5.74) is 0.805. The molecule has 0 spiro atoms. The van der Waals surface area contributed by atoms with E-state index in [-0.39, 0.29) is 17.7 Å². The zero-order valence-electron chi connectivity index (χ0n) is 10.9. The summed E-state index contributed by atoms with van der Waals surface area (Å²) in [7, 11) is -3.03. The van der Waals surface area contributed by atoms with E-state index < -0.39 is 9.84 Å². The van der Waals surface area contributed by atoms with Gasteiger partial charge in [-0.3, -0.25) is 0 Å². The highest BCUT2D eigenvalue weighted by Crippen LogP contribution is 2.28. The number of nitrogens with zero attached hydrogens (tertiary/aromatic N) is 2. The lowest BCUT2D eigenvalue weighted by Crippen LogP contribution is -2.26. The van der Waals surface area contributed by atoms with Gasteiger partial charge in [-0.2, -0.15) is 0 Å². The van der Waals surface area contributed by atoms with Crippen LogP contribution in [0, 0.1) is 0 Å². The summed E-state index contributed by atoms with van der Waals surface area (Å²) in [5, 5.41) is 3.47. The number of rotatable bonds is 5. The lowest BCUT2D eigenvalue weighted by Gasteiger charge is -2.18. The van der Waals surface area contributed by atoms with E-state index in [2.05, 4.69) is 15.3 Å². The molecule has 0 aliphatic heterocycles. The van der Waals surface area contributed by atoms with Crippen LogP contribution in [0.25, 0.3) is 0 Å². The molecular weight excluding hydrogens is 274 g/mol. The van der Waals surface area contributed by atoms with Crippen LogP contribution in [0.5, 0.6) is 0 Å². The molecule has 0 aliphatic rings. The molecule has 1 N–H and O–H groups in total. The molecule has 0 radical (unpaired) electrons. The predicted octanol–water partition coefficient (Wildman–Crippen LogP) is 2.10. The molecule has 5 nitrogen and oxygen atoms in total. The summed E-state index contributed by atoms with van der Waals surface area (Å²) in [6.07, 6.45) is 2.57. The van der Waals surface area contributed by atoms with Crippen molar-refractivity contribution in [2.45, 2.75) is 32.7 Å². The van der Waals surface area contributed by atoms with Crippen molar-refractivity contribution in [1.82, 2.24) is 9.97 Å². The SMILES string of the molecule is CC(CS(C)(=O)=O)Nc1ncnc(Cl)c1C(C)C. The van der Waals surface area contributed by atoms with Gasteiger partial charge in [0.1, 0.15) is 27.1 Å². The smallest absolute Gasteiger partial charge is 0.149 e. The van der Waals surface area contributed by atoms with Crippen molar-refractivity contribution >= 4 is 27.3 Å². The molecule has 1 heterocycles. The van der Waals surface area contributed by atoms with Crippen LogP contribution in [0.4, 0.5) is 5.82 Å². The summed E-state index contributed by atoms with van der Waals surface area (Å²) in [6, 6.07) is -0.233. The number of halogens is 1. The Balaban J connectivity index is 2.94. The predicted molar refractivity (Wildman–Crippen MR) is 73.9 cm³/mol. The van der Waals surface area contributed by atoms with Gasteiger partial charge in [-0.15, -0.1) is 0 Å². The third-order valence-electron chi connectivity index (χ3n) is 2.35. The second-order valence-corrected chi connectivity index (χ2v) is 7.26. The zero-order chi connectivity index (χ0) is 13.9. The summed E-state index contributed by atoms with van der Waals surface area (Å²) >= 11 is 6.03. The quantitative estimate of drug-likeness (QED) is 0.841. The molecule has 1 atom stereocenters. The molecular formula is C11H18ClN3O2S. The van der Waals surface area contributed by atoms with Crippen LogP contribution in [-0.4, -0.2) is 36.4 Å². The van der Waals surface area contributed by atoms with Crippen LogP contribution >= 0.6 is 11.6 Å². The summed E-state index contributed by atoms with van der Waals surface area (Å²) in [5.74, 6) is 0.805. The molecule has 1 unspecified atom stereocenters. The first-order valence-electron chi connectivity index (χ1n) is 5.65. The monoisotopic (exact) mass is 291 g/mol. The highest BCUT2D eigenvalue weighted by molar-refractivity contribution is 7.90. The topological polar surface area (TPSA) is 72.0 Å². The Kier molecular flexibility index (Phi) is 4.92. The zero-order valence-corrected chi connectivity index (χ0v) is 12.5. The van der Waals surface area contributed by atoms with Crippen LogP contribution in [0.2, 0.25) is 5.15 Å². The Morgan fingerprint density at radius 3 is 2.44 bits per heavy atom. The first-order valence-corrected chi connectivity index (χ1v) is 8.09. The van der Waals surface area contributed by atoms with E-state index in [1.54, 1.807) is 6.92 Å². The van der Waals surface area contributed by atoms with E-state index >= 15 is 0 Å². The third kappa shape index (κ3) is 4.42. The normalized spacial score (nSPS) is 13.7. The fraction of sp³-hybridized carbons (Fsp3) is 0.636. The molecule has 0 aliphatic carbocycles. The van der Waals surface area contributed by atoms with Crippen LogP contribution in [0.3, 0.4) is 0 Å². The van der Waals surface area contributed by atoms with Gasteiger partial charge in [-0.25, -0.2) is 18.4 Å². The highest BCUT2D eigenvalue weighted by atomic mass is 35.5. The van der Waals surface area contributed by atoms with Crippen LogP contribution in [-0.2, 0) is 9.84 Å². The van der Waals surface area contributed by atoms with Gasteiger partial charge in [-0.1, -0.05) is 25.4 Å². The van der Waals surface area contributed by atoms with Crippen LogP contribution in [0.1, 0.15) is 32.3 Å². The lowest BCUT2D eigenvalue weighted by molar-refractivity contribution is 0.598. The van der Waals surface area contributed by atoms with Crippen LogP contribution < -0.4 is 5.32 Å². The number of nitrogens with one attached hydrogen (secondary N) is 1. The number of anilines is 1. The molecule has 0 amide bonds. The van der Waals surface area contributed by atoms with Gasteiger partial charge in [0, 0.05) is 17.9 Å². The van der Waals surface area contributed by atoms with Crippen molar-refractivity contribution in [3.8, 4) is 0 Å². The largest absolute Gasteiger partial charge is 0.366 e. The second kappa shape index (κ2) is 5.84. The summed E-state index contributed by atoms with van der Waals surface area (Å²) < 4.78 is 22.4. The van der Waals surface area contributed by atoms with Crippen molar-refractivity contribution < 1.29 is 8.42 Å². The maximum atomic E-state index is 11.2.